The predicted octanol–water partition coefficient (Wildman–Crippen LogP) is 1.43. The van der Waals surface area contributed by atoms with Gasteiger partial charge in [-0.25, -0.2) is 9.36 Å². The number of ether oxygens (including phenoxy) is 2. The summed E-state index contributed by atoms with van der Waals surface area (Å²) in [5.74, 6) is 4.81. The van der Waals surface area contributed by atoms with Gasteiger partial charge < -0.3 is 29.5 Å². The highest BCUT2D eigenvalue weighted by Gasteiger charge is 2.56. The van der Waals surface area contributed by atoms with Gasteiger partial charge in [0.25, 0.3) is 0 Å². The summed E-state index contributed by atoms with van der Waals surface area (Å²) in [6.45, 7) is 5.63. The average Bonchev–Trinajstić information content (AvgIpc) is 3.12. The molecule has 1 aromatic carbocycles. The van der Waals surface area contributed by atoms with Crippen LogP contribution >= 0.6 is 7.75 Å². The Labute approximate surface area is 226 Å². The van der Waals surface area contributed by atoms with Crippen LogP contribution in [0.25, 0.3) is 0 Å². The van der Waals surface area contributed by atoms with E-state index in [1.807, 2.05) is 0 Å². The number of hydrogen-bond acceptors (Lipinski definition) is 11. The first kappa shape index (κ1) is 30.3. The Morgan fingerprint density at radius 1 is 1.28 bits per heavy atom. The molecule has 0 spiro atoms. The Kier molecular flexibility index (Phi) is 9.90. The molecule has 13 nitrogen and oxygen atoms in total. The highest BCUT2D eigenvalue weighted by Crippen LogP contribution is 2.47. The van der Waals surface area contributed by atoms with Gasteiger partial charge in [-0.05, 0) is 45.9 Å². The van der Waals surface area contributed by atoms with Gasteiger partial charge in [-0.3, -0.25) is 13.9 Å². The molecule has 3 rings (SSSR count). The molecule has 0 aliphatic carbocycles. The van der Waals surface area contributed by atoms with Crippen molar-refractivity contribution in [1.82, 2.24) is 14.6 Å². The summed E-state index contributed by atoms with van der Waals surface area (Å²) in [7, 11) is -2.71. The van der Waals surface area contributed by atoms with Crippen LogP contribution in [0.3, 0.4) is 0 Å². The summed E-state index contributed by atoms with van der Waals surface area (Å²) in [4.78, 5) is 28.8. The number of aliphatic hydroxyl groups excluding tert-OH is 1. The van der Waals surface area contributed by atoms with E-state index >= 15 is 0 Å². The molecular formula is C25H33N4O9P. The van der Waals surface area contributed by atoms with E-state index in [1.54, 1.807) is 39.1 Å². The van der Waals surface area contributed by atoms with Crippen molar-refractivity contribution in [2.24, 2.45) is 0 Å². The van der Waals surface area contributed by atoms with Crippen molar-refractivity contribution in [3.63, 3.8) is 0 Å². The number of aromatic nitrogens is 2. The first-order valence-corrected chi connectivity index (χ1v) is 13.7. The second kappa shape index (κ2) is 12.7. The molecule has 2 unspecified atom stereocenters. The maximum Gasteiger partial charge on any atom is 0.459 e. The van der Waals surface area contributed by atoms with Crippen LogP contribution < -0.4 is 20.6 Å². The molecule has 0 radical (unpaired) electrons. The number of esters is 1. The number of rotatable bonds is 11. The minimum absolute atomic E-state index is 0.180. The number of carbonyl (C=O) groups is 1. The third-order valence-corrected chi connectivity index (χ3v) is 7.23. The molecule has 39 heavy (non-hydrogen) atoms. The zero-order valence-corrected chi connectivity index (χ0v) is 23.1. The monoisotopic (exact) mass is 564 g/mol. The lowest BCUT2D eigenvalue weighted by atomic mass is 9.94. The van der Waals surface area contributed by atoms with Crippen LogP contribution in [0.2, 0.25) is 0 Å². The maximum absolute atomic E-state index is 13.7. The zero-order valence-electron chi connectivity index (χ0n) is 22.2. The van der Waals surface area contributed by atoms with Crippen molar-refractivity contribution in [2.45, 2.75) is 63.9 Å². The normalized spacial score (nSPS) is 24.8. The van der Waals surface area contributed by atoms with Gasteiger partial charge >= 0.3 is 19.4 Å². The number of anilines is 1. The molecule has 2 heterocycles. The molecule has 4 N–H and O–H groups in total. The number of aliphatic hydroxyl groups is 2. The van der Waals surface area contributed by atoms with Gasteiger partial charge in [0.1, 0.15) is 29.8 Å². The molecule has 212 valence electrons. The Morgan fingerprint density at radius 2 is 1.97 bits per heavy atom. The molecule has 0 saturated carbocycles. The van der Waals surface area contributed by atoms with Crippen molar-refractivity contribution < 1.29 is 38.1 Å². The SMILES string of the molecule is CC#C[C@@]1(O)C(O)[C@@H](COP(=O)(N[C@@H](C)C(=O)OC(C)C)Oc2ccccc2)O[C@H]1n1ccc(NC)nc1=O. The van der Waals surface area contributed by atoms with E-state index in [4.69, 9.17) is 18.5 Å². The molecule has 1 saturated heterocycles. The van der Waals surface area contributed by atoms with E-state index in [2.05, 4.69) is 27.2 Å². The number of nitrogens with zero attached hydrogens (tertiary/aromatic N) is 2. The van der Waals surface area contributed by atoms with Crippen molar-refractivity contribution in [1.29, 1.82) is 0 Å². The van der Waals surface area contributed by atoms with Gasteiger partial charge in [0.2, 0.25) is 0 Å². The molecule has 1 fully saturated rings. The third-order valence-electron chi connectivity index (χ3n) is 5.58. The third kappa shape index (κ3) is 7.24. The number of benzene rings is 1. The van der Waals surface area contributed by atoms with Crippen LogP contribution in [-0.4, -0.2) is 69.3 Å². The number of nitrogens with one attached hydrogen (secondary N) is 2. The molecule has 1 aromatic heterocycles. The Bertz CT molecular complexity index is 1310. The van der Waals surface area contributed by atoms with Gasteiger partial charge in [-0.1, -0.05) is 24.1 Å². The standard InChI is InChI=1S/C25H33N4O9P/c1-6-13-25(33)21(30)19(37-23(25)29-14-12-20(26-5)27-24(29)32)15-35-39(34,38-18-10-8-7-9-11-18)28-17(4)22(31)36-16(2)3/h7-12,14,16-17,19,21,23,30,33H,15H2,1-5H3,(H,28,34)(H,26,27,32)/t17-,19+,21?,23+,25+,39?/m0/s1. The second-order valence-electron chi connectivity index (χ2n) is 8.96. The Hall–Kier alpha value is -3.24. The second-order valence-corrected chi connectivity index (χ2v) is 10.7. The number of carbonyl (C=O) groups excluding carboxylic acids is 1. The molecule has 1 aliphatic heterocycles. The van der Waals surface area contributed by atoms with Gasteiger partial charge in [0.05, 0.1) is 12.7 Å². The van der Waals surface area contributed by atoms with Crippen molar-refractivity contribution in [2.75, 3.05) is 19.0 Å². The lowest BCUT2D eigenvalue weighted by Gasteiger charge is -2.26. The fourth-order valence-electron chi connectivity index (χ4n) is 3.75. The van der Waals surface area contributed by atoms with E-state index < -0.39 is 62.2 Å². The van der Waals surface area contributed by atoms with Gasteiger partial charge in [-0.2, -0.15) is 10.1 Å². The van der Waals surface area contributed by atoms with Crippen LogP contribution in [0.1, 0.15) is 33.9 Å². The Morgan fingerprint density at radius 3 is 2.56 bits per heavy atom. The van der Waals surface area contributed by atoms with Crippen LogP contribution in [0, 0.1) is 11.8 Å². The van der Waals surface area contributed by atoms with Crippen LogP contribution in [0.15, 0.2) is 47.4 Å². The highest BCUT2D eigenvalue weighted by atomic mass is 31.2. The van der Waals surface area contributed by atoms with Crippen LogP contribution in [0.5, 0.6) is 5.75 Å². The molecule has 2 aromatic rings. The van der Waals surface area contributed by atoms with E-state index in [1.165, 1.54) is 38.2 Å². The quantitative estimate of drug-likeness (QED) is 0.176. The summed E-state index contributed by atoms with van der Waals surface area (Å²) >= 11 is 0. The van der Waals surface area contributed by atoms with E-state index in [9.17, 15) is 24.4 Å². The summed E-state index contributed by atoms with van der Waals surface area (Å²) in [6, 6.07) is 8.49. The topological polar surface area (TPSA) is 170 Å². The Balaban J connectivity index is 1.86. The van der Waals surface area contributed by atoms with E-state index in [0.717, 1.165) is 4.57 Å². The van der Waals surface area contributed by atoms with Crippen LogP contribution in [-0.2, 0) is 23.4 Å². The number of para-hydroxylation sites is 1. The lowest BCUT2D eigenvalue weighted by Crippen LogP contribution is -2.48. The molecule has 0 amide bonds. The van der Waals surface area contributed by atoms with Crippen LogP contribution in [0.4, 0.5) is 5.82 Å². The lowest BCUT2D eigenvalue weighted by molar-refractivity contribution is -0.149. The molecule has 1 aliphatic rings. The predicted molar refractivity (Wildman–Crippen MR) is 141 cm³/mol. The summed E-state index contributed by atoms with van der Waals surface area (Å²) in [5, 5.41) is 27.5. The summed E-state index contributed by atoms with van der Waals surface area (Å²) in [6.07, 6.45) is -3.56. The van der Waals surface area contributed by atoms with E-state index in [-0.39, 0.29) is 11.6 Å². The molecular weight excluding hydrogens is 531 g/mol. The molecule has 14 heteroatoms. The summed E-state index contributed by atoms with van der Waals surface area (Å²) in [5.41, 5.74) is -3.00. The van der Waals surface area contributed by atoms with Crippen molar-refractivity contribution >= 4 is 19.5 Å². The largest absolute Gasteiger partial charge is 0.462 e. The van der Waals surface area contributed by atoms with Gasteiger partial charge in [0.15, 0.2) is 11.8 Å². The zero-order chi connectivity index (χ0) is 28.8. The number of hydrogen-bond donors (Lipinski definition) is 4. The molecule has 0 bridgehead atoms. The average molecular weight is 565 g/mol. The maximum atomic E-state index is 13.7. The molecule has 6 atom stereocenters. The first-order chi connectivity index (χ1) is 18.4. The van der Waals surface area contributed by atoms with Gasteiger partial charge in [0, 0.05) is 13.2 Å². The minimum Gasteiger partial charge on any atom is -0.462 e. The highest BCUT2D eigenvalue weighted by molar-refractivity contribution is 7.52. The minimum atomic E-state index is -4.29. The van der Waals surface area contributed by atoms with E-state index in [0.29, 0.717) is 0 Å². The van der Waals surface area contributed by atoms with Crippen molar-refractivity contribution in [3.8, 4) is 17.6 Å². The van der Waals surface area contributed by atoms with Crippen molar-refractivity contribution in [3.05, 3.63) is 53.1 Å². The fraction of sp³-hybridized carbons (Fsp3) is 0.480. The van der Waals surface area contributed by atoms with Gasteiger partial charge in [-0.15, -0.1) is 5.92 Å². The fourth-order valence-corrected chi connectivity index (χ4v) is 5.26. The smallest absolute Gasteiger partial charge is 0.459 e. The summed E-state index contributed by atoms with van der Waals surface area (Å²) < 4.78 is 36.9. The first-order valence-electron chi connectivity index (χ1n) is 12.2.